The molecule has 1 amide bonds. The van der Waals surface area contributed by atoms with Crippen molar-refractivity contribution in [1.29, 1.82) is 0 Å². The maximum absolute atomic E-state index is 12.8. The lowest BCUT2D eigenvalue weighted by molar-refractivity contribution is -0.0514. The number of ether oxygens (including phenoxy) is 2. The van der Waals surface area contributed by atoms with Crippen molar-refractivity contribution < 1.29 is 23.0 Å². The van der Waals surface area contributed by atoms with Crippen molar-refractivity contribution in [2.75, 3.05) is 26.2 Å². The van der Waals surface area contributed by atoms with Gasteiger partial charge in [0, 0.05) is 17.1 Å². The van der Waals surface area contributed by atoms with Gasteiger partial charge in [0.15, 0.2) is 11.5 Å². The summed E-state index contributed by atoms with van der Waals surface area (Å²) in [6.45, 7) is 1.28. The Labute approximate surface area is 179 Å². The van der Waals surface area contributed by atoms with Gasteiger partial charge in [0.1, 0.15) is 0 Å². The first-order valence-corrected chi connectivity index (χ1v) is 10.4. The molecule has 1 saturated heterocycles. The molecule has 1 unspecified atom stereocenters. The predicted octanol–water partition coefficient (Wildman–Crippen LogP) is 4.91. The standard InChI is InChI=1S/C22H25ClF2N2O3/c1-2-29-20-13-15(9-10-19(20)30-22(24)25)21(28)26-14-18(27-11-5-6-12-27)16-7-3-4-8-17(16)23/h3-4,7-10,13,18,22H,2,5-6,11-12,14H2,1H3,(H,26,28). The van der Waals surface area contributed by atoms with Crippen LogP contribution in [-0.2, 0) is 0 Å². The summed E-state index contributed by atoms with van der Waals surface area (Å²) >= 11 is 6.41. The highest BCUT2D eigenvalue weighted by Gasteiger charge is 2.26. The lowest BCUT2D eigenvalue weighted by Gasteiger charge is -2.29. The topological polar surface area (TPSA) is 50.8 Å². The first-order valence-electron chi connectivity index (χ1n) is 9.98. The third kappa shape index (κ3) is 5.61. The summed E-state index contributed by atoms with van der Waals surface area (Å²) in [6.07, 6.45) is 2.22. The Hall–Kier alpha value is -2.38. The molecule has 0 aliphatic carbocycles. The number of halogens is 3. The fraction of sp³-hybridized carbons (Fsp3) is 0.409. The molecular weight excluding hydrogens is 414 g/mol. The minimum Gasteiger partial charge on any atom is -0.490 e. The van der Waals surface area contributed by atoms with Crippen LogP contribution in [0.5, 0.6) is 11.5 Å². The second-order valence-electron chi connectivity index (χ2n) is 6.96. The van der Waals surface area contributed by atoms with E-state index in [1.807, 2.05) is 24.3 Å². The van der Waals surface area contributed by atoms with E-state index < -0.39 is 6.61 Å². The van der Waals surface area contributed by atoms with Crippen LogP contribution in [0.2, 0.25) is 5.02 Å². The van der Waals surface area contributed by atoms with Gasteiger partial charge in [-0.25, -0.2) is 0 Å². The van der Waals surface area contributed by atoms with E-state index in [9.17, 15) is 13.6 Å². The van der Waals surface area contributed by atoms with Gasteiger partial charge in [0.05, 0.1) is 12.6 Å². The number of carbonyl (C=O) groups is 1. The van der Waals surface area contributed by atoms with Crippen molar-refractivity contribution >= 4 is 17.5 Å². The van der Waals surface area contributed by atoms with Crippen molar-refractivity contribution in [3.63, 3.8) is 0 Å². The zero-order chi connectivity index (χ0) is 21.5. The molecule has 1 aliphatic rings. The van der Waals surface area contributed by atoms with Crippen LogP contribution in [-0.4, -0.2) is 43.7 Å². The Kier molecular flexibility index (Phi) is 7.87. The minimum atomic E-state index is -2.97. The van der Waals surface area contributed by atoms with Gasteiger partial charge in [-0.15, -0.1) is 0 Å². The second kappa shape index (κ2) is 10.6. The second-order valence-corrected chi connectivity index (χ2v) is 7.37. The van der Waals surface area contributed by atoms with E-state index in [1.165, 1.54) is 18.2 Å². The smallest absolute Gasteiger partial charge is 0.387 e. The molecule has 8 heteroatoms. The predicted molar refractivity (Wildman–Crippen MR) is 112 cm³/mol. The third-order valence-corrected chi connectivity index (χ3v) is 5.37. The number of likely N-dealkylation sites (tertiary alicyclic amines) is 1. The Balaban J connectivity index is 1.75. The highest BCUT2D eigenvalue weighted by molar-refractivity contribution is 6.31. The summed E-state index contributed by atoms with van der Waals surface area (Å²) in [5.41, 5.74) is 1.27. The third-order valence-electron chi connectivity index (χ3n) is 5.02. The molecule has 0 aromatic heterocycles. The van der Waals surface area contributed by atoms with Gasteiger partial charge >= 0.3 is 6.61 Å². The number of nitrogens with zero attached hydrogens (tertiary/aromatic N) is 1. The Morgan fingerprint density at radius 2 is 1.90 bits per heavy atom. The zero-order valence-electron chi connectivity index (χ0n) is 16.7. The van der Waals surface area contributed by atoms with Crippen molar-refractivity contribution in [2.45, 2.75) is 32.4 Å². The lowest BCUT2D eigenvalue weighted by atomic mass is 10.0. The van der Waals surface area contributed by atoms with Crippen LogP contribution in [0.3, 0.4) is 0 Å². The van der Waals surface area contributed by atoms with Crippen LogP contribution >= 0.6 is 11.6 Å². The molecule has 2 aromatic carbocycles. The van der Waals surface area contributed by atoms with E-state index in [0.717, 1.165) is 31.5 Å². The fourth-order valence-corrected chi connectivity index (χ4v) is 3.90. The molecule has 162 valence electrons. The van der Waals surface area contributed by atoms with Crippen LogP contribution in [0, 0.1) is 0 Å². The van der Waals surface area contributed by atoms with E-state index in [4.69, 9.17) is 16.3 Å². The maximum atomic E-state index is 12.8. The summed E-state index contributed by atoms with van der Waals surface area (Å²) in [6, 6.07) is 11.8. The maximum Gasteiger partial charge on any atom is 0.387 e. The van der Waals surface area contributed by atoms with Gasteiger partial charge < -0.3 is 14.8 Å². The number of hydrogen-bond acceptors (Lipinski definition) is 4. The molecule has 2 aromatic rings. The van der Waals surface area contributed by atoms with Crippen molar-refractivity contribution in [2.24, 2.45) is 0 Å². The molecule has 1 aliphatic heterocycles. The number of hydrogen-bond donors (Lipinski definition) is 1. The minimum absolute atomic E-state index is 0.0436. The molecule has 0 spiro atoms. The summed E-state index contributed by atoms with van der Waals surface area (Å²) in [4.78, 5) is 15.1. The SMILES string of the molecule is CCOc1cc(C(=O)NCC(c2ccccc2Cl)N2CCCC2)ccc1OC(F)F. The normalized spacial score (nSPS) is 15.2. The first-order chi connectivity index (χ1) is 14.5. The van der Waals surface area contributed by atoms with Crippen molar-refractivity contribution in [3.05, 3.63) is 58.6 Å². The van der Waals surface area contributed by atoms with Crippen LogP contribution in [0.15, 0.2) is 42.5 Å². The summed E-state index contributed by atoms with van der Waals surface area (Å²) in [5.74, 6) is -0.321. The molecule has 0 radical (unpaired) electrons. The number of carbonyl (C=O) groups excluding carboxylic acids is 1. The highest BCUT2D eigenvalue weighted by Crippen LogP contribution is 2.31. The molecule has 5 nitrogen and oxygen atoms in total. The van der Waals surface area contributed by atoms with Gasteiger partial charge in [0.25, 0.3) is 5.91 Å². The van der Waals surface area contributed by atoms with E-state index in [2.05, 4.69) is 15.0 Å². The van der Waals surface area contributed by atoms with Crippen LogP contribution in [0.1, 0.15) is 41.7 Å². The Morgan fingerprint density at radius 3 is 2.57 bits per heavy atom. The Bertz CT molecular complexity index is 860. The zero-order valence-corrected chi connectivity index (χ0v) is 17.5. The van der Waals surface area contributed by atoms with Crippen molar-refractivity contribution in [3.8, 4) is 11.5 Å². The van der Waals surface area contributed by atoms with E-state index in [1.54, 1.807) is 6.92 Å². The number of nitrogens with one attached hydrogen (secondary N) is 1. The average molecular weight is 439 g/mol. The molecule has 30 heavy (non-hydrogen) atoms. The molecule has 1 fully saturated rings. The number of benzene rings is 2. The van der Waals surface area contributed by atoms with Crippen LogP contribution < -0.4 is 14.8 Å². The van der Waals surface area contributed by atoms with Crippen LogP contribution in [0.4, 0.5) is 8.78 Å². The quantitative estimate of drug-likeness (QED) is 0.604. The largest absolute Gasteiger partial charge is 0.490 e. The van der Waals surface area contributed by atoms with E-state index in [-0.39, 0.29) is 30.1 Å². The molecular formula is C22H25ClF2N2O3. The number of alkyl halides is 2. The molecule has 3 rings (SSSR count). The fourth-order valence-electron chi connectivity index (χ4n) is 3.64. The lowest BCUT2D eigenvalue weighted by Crippen LogP contribution is -2.37. The van der Waals surface area contributed by atoms with E-state index in [0.29, 0.717) is 17.1 Å². The van der Waals surface area contributed by atoms with E-state index >= 15 is 0 Å². The molecule has 0 saturated carbocycles. The summed E-state index contributed by atoms with van der Waals surface area (Å²) in [5, 5.41) is 3.61. The summed E-state index contributed by atoms with van der Waals surface area (Å²) in [7, 11) is 0. The molecule has 0 bridgehead atoms. The molecule has 1 heterocycles. The van der Waals surface area contributed by atoms with Gasteiger partial charge in [-0.05, 0) is 62.7 Å². The van der Waals surface area contributed by atoms with Crippen LogP contribution in [0.25, 0.3) is 0 Å². The average Bonchev–Trinajstić information content (AvgIpc) is 3.25. The first kappa shape index (κ1) is 22.3. The number of amides is 1. The highest BCUT2D eigenvalue weighted by atomic mass is 35.5. The van der Waals surface area contributed by atoms with Gasteiger partial charge in [-0.1, -0.05) is 29.8 Å². The Morgan fingerprint density at radius 1 is 1.17 bits per heavy atom. The molecule has 1 N–H and O–H groups in total. The molecule has 1 atom stereocenters. The summed E-state index contributed by atoms with van der Waals surface area (Å²) < 4.78 is 35.0. The van der Waals surface area contributed by atoms with Gasteiger partial charge in [-0.3, -0.25) is 9.69 Å². The van der Waals surface area contributed by atoms with Crippen molar-refractivity contribution in [1.82, 2.24) is 10.2 Å². The number of rotatable bonds is 9. The van der Waals surface area contributed by atoms with Gasteiger partial charge in [-0.2, -0.15) is 8.78 Å². The monoisotopic (exact) mass is 438 g/mol. The van der Waals surface area contributed by atoms with Gasteiger partial charge in [0.2, 0.25) is 0 Å².